The third-order valence-corrected chi connectivity index (χ3v) is 3.26. The molecule has 96 valence electrons. The number of hydrogen-bond acceptors (Lipinski definition) is 4. The smallest absolute Gasteiger partial charge is 0.117 e. The molecule has 1 aliphatic heterocycles. The normalized spacial score (nSPS) is 21.1. The highest BCUT2D eigenvalue weighted by molar-refractivity contribution is 4.97. The van der Waals surface area contributed by atoms with Gasteiger partial charge in [-0.3, -0.25) is 0 Å². The number of ether oxygens (including phenoxy) is 1. The zero-order chi connectivity index (χ0) is 11.9. The van der Waals surface area contributed by atoms with Gasteiger partial charge in [0.15, 0.2) is 0 Å². The van der Waals surface area contributed by atoms with Crippen molar-refractivity contribution in [3.63, 3.8) is 0 Å². The number of furan rings is 1. The lowest BCUT2D eigenvalue weighted by Crippen LogP contribution is -2.30. The van der Waals surface area contributed by atoms with Crippen molar-refractivity contribution in [1.82, 2.24) is 10.2 Å². The first kappa shape index (κ1) is 12.6. The van der Waals surface area contributed by atoms with Gasteiger partial charge < -0.3 is 19.4 Å². The van der Waals surface area contributed by atoms with Crippen LogP contribution in [0.15, 0.2) is 22.8 Å². The molecular formula is C13H22N2O2. The van der Waals surface area contributed by atoms with Crippen molar-refractivity contribution in [2.75, 3.05) is 39.9 Å². The Balaban J connectivity index is 1.54. The van der Waals surface area contributed by atoms with Crippen molar-refractivity contribution in [3.05, 3.63) is 24.2 Å². The van der Waals surface area contributed by atoms with Gasteiger partial charge in [0.25, 0.3) is 0 Å². The fraction of sp³-hybridized carbons (Fsp3) is 0.692. The van der Waals surface area contributed by atoms with Crippen molar-refractivity contribution in [3.8, 4) is 0 Å². The summed E-state index contributed by atoms with van der Waals surface area (Å²) in [4.78, 5) is 2.50. The average Bonchev–Trinajstić information content (AvgIpc) is 2.96. The Labute approximate surface area is 103 Å². The van der Waals surface area contributed by atoms with Gasteiger partial charge in [-0.25, -0.2) is 0 Å². The van der Waals surface area contributed by atoms with Crippen LogP contribution in [0, 0.1) is 5.92 Å². The van der Waals surface area contributed by atoms with Gasteiger partial charge in [0.2, 0.25) is 0 Å². The molecular weight excluding hydrogens is 216 g/mol. The first-order chi connectivity index (χ1) is 8.38. The SMILES string of the molecule is COCC1CCN(CCNCc2ccco2)C1. The van der Waals surface area contributed by atoms with Crippen LogP contribution in [0.2, 0.25) is 0 Å². The number of likely N-dealkylation sites (tertiary alicyclic amines) is 1. The van der Waals surface area contributed by atoms with Crippen LogP contribution in [0.1, 0.15) is 12.2 Å². The predicted molar refractivity (Wildman–Crippen MR) is 66.8 cm³/mol. The van der Waals surface area contributed by atoms with Gasteiger partial charge >= 0.3 is 0 Å². The summed E-state index contributed by atoms with van der Waals surface area (Å²) in [5.74, 6) is 1.73. The highest BCUT2D eigenvalue weighted by atomic mass is 16.5. The summed E-state index contributed by atoms with van der Waals surface area (Å²) in [6.45, 7) is 6.23. The minimum absolute atomic E-state index is 0.727. The monoisotopic (exact) mass is 238 g/mol. The lowest BCUT2D eigenvalue weighted by atomic mass is 10.1. The minimum atomic E-state index is 0.727. The van der Waals surface area contributed by atoms with Crippen molar-refractivity contribution in [2.45, 2.75) is 13.0 Å². The van der Waals surface area contributed by atoms with Crippen LogP contribution >= 0.6 is 0 Å². The third kappa shape index (κ3) is 4.15. The van der Waals surface area contributed by atoms with Crippen LogP contribution in [0.4, 0.5) is 0 Å². The van der Waals surface area contributed by atoms with E-state index >= 15 is 0 Å². The van der Waals surface area contributed by atoms with E-state index < -0.39 is 0 Å². The molecule has 1 fully saturated rings. The molecule has 1 atom stereocenters. The van der Waals surface area contributed by atoms with E-state index in [-0.39, 0.29) is 0 Å². The molecule has 1 aromatic rings. The summed E-state index contributed by atoms with van der Waals surface area (Å²) < 4.78 is 10.5. The van der Waals surface area contributed by atoms with Gasteiger partial charge in [0.05, 0.1) is 19.4 Å². The van der Waals surface area contributed by atoms with Crippen molar-refractivity contribution in [1.29, 1.82) is 0 Å². The Kier molecular flexibility index (Phi) is 5.04. The molecule has 0 saturated carbocycles. The van der Waals surface area contributed by atoms with E-state index in [0.29, 0.717) is 0 Å². The quantitative estimate of drug-likeness (QED) is 0.727. The van der Waals surface area contributed by atoms with E-state index in [4.69, 9.17) is 9.15 Å². The Morgan fingerprint density at radius 1 is 1.59 bits per heavy atom. The molecule has 1 aromatic heterocycles. The number of nitrogens with zero attached hydrogens (tertiary/aromatic N) is 1. The molecule has 0 aromatic carbocycles. The predicted octanol–water partition coefficient (Wildman–Crippen LogP) is 1.34. The van der Waals surface area contributed by atoms with Crippen LogP contribution < -0.4 is 5.32 Å². The van der Waals surface area contributed by atoms with Crippen LogP contribution in [0.25, 0.3) is 0 Å². The van der Waals surface area contributed by atoms with Crippen LogP contribution in [-0.4, -0.2) is 44.8 Å². The summed E-state index contributed by atoms with van der Waals surface area (Å²) in [5.41, 5.74) is 0. The molecule has 2 rings (SSSR count). The maximum Gasteiger partial charge on any atom is 0.117 e. The zero-order valence-corrected chi connectivity index (χ0v) is 10.5. The molecule has 4 heteroatoms. The van der Waals surface area contributed by atoms with E-state index in [1.807, 2.05) is 12.1 Å². The first-order valence-corrected chi connectivity index (χ1v) is 6.33. The van der Waals surface area contributed by atoms with Crippen molar-refractivity contribution < 1.29 is 9.15 Å². The highest BCUT2D eigenvalue weighted by Gasteiger charge is 2.21. The van der Waals surface area contributed by atoms with Crippen molar-refractivity contribution in [2.24, 2.45) is 5.92 Å². The minimum Gasteiger partial charge on any atom is -0.468 e. The summed E-state index contributed by atoms with van der Waals surface area (Å²) in [6, 6.07) is 3.92. The van der Waals surface area contributed by atoms with E-state index in [1.54, 1.807) is 13.4 Å². The Bertz CT molecular complexity index is 300. The maximum atomic E-state index is 5.26. The lowest BCUT2D eigenvalue weighted by molar-refractivity contribution is 0.153. The Morgan fingerprint density at radius 2 is 2.53 bits per heavy atom. The van der Waals surface area contributed by atoms with Gasteiger partial charge in [-0.1, -0.05) is 0 Å². The zero-order valence-electron chi connectivity index (χ0n) is 10.5. The first-order valence-electron chi connectivity index (χ1n) is 6.33. The Morgan fingerprint density at radius 3 is 3.29 bits per heavy atom. The van der Waals surface area contributed by atoms with Gasteiger partial charge in [-0.05, 0) is 31.0 Å². The van der Waals surface area contributed by atoms with E-state index in [9.17, 15) is 0 Å². The van der Waals surface area contributed by atoms with Crippen LogP contribution in [0.3, 0.4) is 0 Å². The molecule has 1 saturated heterocycles. The largest absolute Gasteiger partial charge is 0.468 e. The third-order valence-electron chi connectivity index (χ3n) is 3.26. The van der Waals surface area contributed by atoms with Crippen LogP contribution in [0.5, 0.6) is 0 Å². The molecule has 0 spiro atoms. The molecule has 0 aliphatic carbocycles. The molecule has 0 bridgehead atoms. The van der Waals surface area contributed by atoms with Gasteiger partial charge in [0.1, 0.15) is 5.76 Å². The summed E-state index contributed by atoms with van der Waals surface area (Å²) >= 11 is 0. The topological polar surface area (TPSA) is 37.6 Å². The van der Waals surface area contributed by atoms with E-state index in [2.05, 4.69) is 10.2 Å². The average molecular weight is 238 g/mol. The number of rotatable bonds is 7. The lowest BCUT2D eigenvalue weighted by Gasteiger charge is -2.15. The molecule has 0 radical (unpaired) electrons. The second-order valence-corrected chi connectivity index (χ2v) is 4.67. The number of hydrogen-bond donors (Lipinski definition) is 1. The molecule has 1 aliphatic rings. The fourth-order valence-corrected chi connectivity index (χ4v) is 2.35. The highest BCUT2D eigenvalue weighted by Crippen LogP contribution is 2.15. The summed E-state index contributed by atoms with van der Waals surface area (Å²) in [5, 5.41) is 3.39. The summed E-state index contributed by atoms with van der Waals surface area (Å²) in [6.07, 6.45) is 2.98. The standard InChI is InChI=1S/C13H22N2O2/c1-16-11-12-4-6-15(10-12)7-5-14-9-13-3-2-8-17-13/h2-3,8,12,14H,4-7,9-11H2,1H3. The maximum absolute atomic E-state index is 5.26. The molecule has 17 heavy (non-hydrogen) atoms. The second-order valence-electron chi connectivity index (χ2n) is 4.67. The van der Waals surface area contributed by atoms with E-state index in [0.717, 1.165) is 37.9 Å². The van der Waals surface area contributed by atoms with Gasteiger partial charge in [0, 0.05) is 26.7 Å². The Hall–Kier alpha value is -0.840. The van der Waals surface area contributed by atoms with Crippen molar-refractivity contribution >= 4 is 0 Å². The van der Waals surface area contributed by atoms with Gasteiger partial charge in [-0.15, -0.1) is 0 Å². The van der Waals surface area contributed by atoms with Crippen LogP contribution in [-0.2, 0) is 11.3 Å². The van der Waals surface area contributed by atoms with Gasteiger partial charge in [-0.2, -0.15) is 0 Å². The molecule has 4 nitrogen and oxygen atoms in total. The summed E-state index contributed by atoms with van der Waals surface area (Å²) in [7, 11) is 1.79. The molecule has 1 N–H and O–H groups in total. The molecule has 1 unspecified atom stereocenters. The second kappa shape index (κ2) is 6.79. The molecule has 0 amide bonds. The van der Waals surface area contributed by atoms with E-state index in [1.165, 1.54) is 19.5 Å². The number of methoxy groups -OCH3 is 1. The molecule has 2 heterocycles. The number of nitrogens with one attached hydrogen (secondary N) is 1. The fourth-order valence-electron chi connectivity index (χ4n) is 2.35.